The third kappa shape index (κ3) is 5.15. The van der Waals surface area contributed by atoms with E-state index in [0.717, 1.165) is 42.5 Å². The summed E-state index contributed by atoms with van der Waals surface area (Å²) in [7, 11) is 0. The van der Waals surface area contributed by atoms with Gasteiger partial charge in [-0.2, -0.15) is 5.10 Å². The van der Waals surface area contributed by atoms with E-state index in [1.807, 2.05) is 72.8 Å². The van der Waals surface area contributed by atoms with Crippen LogP contribution in [0.4, 0.5) is 0 Å². The van der Waals surface area contributed by atoms with Crippen LogP contribution in [-0.4, -0.2) is 11.6 Å². The van der Waals surface area contributed by atoms with Gasteiger partial charge in [-0.3, -0.25) is 4.79 Å². The Morgan fingerprint density at radius 3 is 2.24 bits per heavy atom. The van der Waals surface area contributed by atoms with E-state index >= 15 is 0 Å². The molecule has 1 saturated carbocycles. The third-order valence-electron chi connectivity index (χ3n) is 4.57. The minimum atomic E-state index is 0.0428. The quantitative estimate of drug-likeness (QED) is 0.620. The number of amides is 1. The van der Waals surface area contributed by atoms with Gasteiger partial charge >= 0.3 is 0 Å². The van der Waals surface area contributed by atoms with Crippen molar-refractivity contribution in [2.75, 3.05) is 0 Å². The molecule has 0 atom stereocenters. The highest BCUT2D eigenvalue weighted by molar-refractivity contribution is 6.11. The Labute approximate surface area is 149 Å². The zero-order valence-electron chi connectivity index (χ0n) is 14.4. The molecule has 2 aromatic carbocycles. The molecule has 1 N–H and O–H groups in total. The van der Waals surface area contributed by atoms with E-state index in [9.17, 15) is 4.79 Å². The molecule has 3 rings (SSSR count). The van der Waals surface area contributed by atoms with Crippen LogP contribution in [0.15, 0.2) is 71.8 Å². The lowest BCUT2D eigenvalue weighted by Crippen LogP contribution is -2.29. The number of hydrogen-bond donors (Lipinski definition) is 1. The molecule has 1 fully saturated rings. The second-order valence-electron chi connectivity index (χ2n) is 6.42. The van der Waals surface area contributed by atoms with Crippen LogP contribution < -0.4 is 5.43 Å². The van der Waals surface area contributed by atoms with Crippen molar-refractivity contribution in [1.82, 2.24) is 5.43 Å². The van der Waals surface area contributed by atoms with Crippen molar-refractivity contribution in [3.63, 3.8) is 0 Å². The molecule has 25 heavy (non-hydrogen) atoms. The highest BCUT2D eigenvalue weighted by atomic mass is 16.2. The molecule has 0 bridgehead atoms. The van der Waals surface area contributed by atoms with Crippen LogP contribution in [0.5, 0.6) is 0 Å². The van der Waals surface area contributed by atoms with Gasteiger partial charge in [0.25, 0.3) is 0 Å². The van der Waals surface area contributed by atoms with Crippen molar-refractivity contribution >= 4 is 17.7 Å². The van der Waals surface area contributed by atoms with E-state index < -0.39 is 0 Å². The number of nitrogens with zero attached hydrogens (tertiary/aromatic N) is 1. The molecule has 1 aliphatic rings. The second kappa shape index (κ2) is 8.97. The zero-order chi connectivity index (χ0) is 17.3. The predicted octanol–water partition coefficient (Wildman–Crippen LogP) is 4.80. The number of rotatable bonds is 5. The van der Waals surface area contributed by atoms with E-state index in [1.165, 1.54) is 6.42 Å². The lowest BCUT2D eigenvalue weighted by Gasteiger charge is -2.19. The number of allylic oxidation sites excluding steroid dienone is 1. The summed E-state index contributed by atoms with van der Waals surface area (Å²) >= 11 is 0. The summed E-state index contributed by atoms with van der Waals surface area (Å²) in [6, 6.07) is 20.0. The Morgan fingerprint density at radius 1 is 0.920 bits per heavy atom. The van der Waals surface area contributed by atoms with Gasteiger partial charge in [0.1, 0.15) is 0 Å². The van der Waals surface area contributed by atoms with Gasteiger partial charge in [-0.1, -0.05) is 86.0 Å². The summed E-state index contributed by atoms with van der Waals surface area (Å²) in [4.78, 5) is 12.4. The first-order chi connectivity index (χ1) is 12.3. The maximum Gasteiger partial charge on any atom is 0.243 e. The minimum absolute atomic E-state index is 0.0428. The summed E-state index contributed by atoms with van der Waals surface area (Å²) in [5.74, 6) is 0.147. The maximum atomic E-state index is 12.4. The average Bonchev–Trinajstić information content (AvgIpc) is 2.70. The van der Waals surface area contributed by atoms with Gasteiger partial charge in [-0.25, -0.2) is 5.43 Å². The second-order valence-corrected chi connectivity index (χ2v) is 6.42. The fourth-order valence-corrected chi connectivity index (χ4v) is 3.12. The van der Waals surface area contributed by atoms with Gasteiger partial charge in [0.2, 0.25) is 5.91 Å². The summed E-state index contributed by atoms with van der Waals surface area (Å²) in [5, 5.41) is 4.41. The molecule has 0 aromatic heterocycles. The summed E-state index contributed by atoms with van der Waals surface area (Å²) in [6.07, 6.45) is 9.43. The van der Waals surface area contributed by atoms with Crippen molar-refractivity contribution in [3.8, 4) is 0 Å². The summed E-state index contributed by atoms with van der Waals surface area (Å²) < 4.78 is 0. The topological polar surface area (TPSA) is 41.5 Å². The van der Waals surface area contributed by atoms with Crippen LogP contribution in [-0.2, 0) is 4.79 Å². The van der Waals surface area contributed by atoms with Crippen LogP contribution in [0.25, 0.3) is 6.08 Å². The molecular formula is C22H24N2O. The molecule has 128 valence electrons. The molecular weight excluding hydrogens is 308 g/mol. The van der Waals surface area contributed by atoms with Gasteiger partial charge in [0.15, 0.2) is 0 Å². The first-order valence-corrected chi connectivity index (χ1v) is 8.99. The van der Waals surface area contributed by atoms with Crippen molar-refractivity contribution in [2.24, 2.45) is 11.0 Å². The SMILES string of the molecule is O=C(NN=C(/C=C\c1ccccc1)c1ccccc1)C1CCCCC1. The number of hydrazone groups is 1. The Kier molecular flexibility index (Phi) is 6.16. The maximum absolute atomic E-state index is 12.4. The van der Waals surface area contributed by atoms with E-state index in [2.05, 4.69) is 10.5 Å². The highest BCUT2D eigenvalue weighted by Gasteiger charge is 2.20. The molecule has 1 aliphatic carbocycles. The van der Waals surface area contributed by atoms with Gasteiger partial charge in [-0.15, -0.1) is 0 Å². The normalized spacial score (nSPS) is 16.1. The first kappa shape index (κ1) is 17.2. The molecule has 2 aromatic rings. The molecule has 0 aliphatic heterocycles. The van der Waals surface area contributed by atoms with Gasteiger partial charge < -0.3 is 0 Å². The predicted molar refractivity (Wildman–Crippen MR) is 103 cm³/mol. The van der Waals surface area contributed by atoms with Crippen LogP contribution in [0.1, 0.15) is 43.2 Å². The first-order valence-electron chi connectivity index (χ1n) is 8.99. The van der Waals surface area contributed by atoms with Crippen LogP contribution in [0.2, 0.25) is 0 Å². The number of hydrogen-bond acceptors (Lipinski definition) is 2. The standard InChI is InChI=1S/C22H24N2O/c25-22(20-14-8-3-9-15-20)24-23-21(19-12-6-2-7-13-19)17-16-18-10-4-1-5-11-18/h1-2,4-7,10-13,16-17,20H,3,8-9,14-15H2,(H,24,25)/b17-16-,23-21?. The molecule has 3 heteroatoms. The van der Waals surface area contributed by atoms with Crippen LogP contribution >= 0.6 is 0 Å². The van der Waals surface area contributed by atoms with Crippen molar-refractivity contribution in [2.45, 2.75) is 32.1 Å². The largest absolute Gasteiger partial charge is 0.273 e. The highest BCUT2D eigenvalue weighted by Crippen LogP contribution is 2.23. The molecule has 0 spiro atoms. The smallest absolute Gasteiger partial charge is 0.243 e. The number of carbonyl (C=O) groups excluding carboxylic acids is 1. The number of carbonyl (C=O) groups is 1. The van der Waals surface area contributed by atoms with Gasteiger partial charge in [0, 0.05) is 11.5 Å². The molecule has 0 saturated heterocycles. The fraction of sp³-hybridized carbons (Fsp3) is 0.273. The fourth-order valence-electron chi connectivity index (χ4n) is 3.12. The molecule has 1 amide bonds. The molecule has 0 heterocycles. The van der Waals surface area contributed by atoms with Gasteiger partial charge in [-0.05, 0) is 24.5 Å². The number of nitrogens with one attached hydrogen (secondary N) is 1. The Morgan fingerprint density at radius 2 is 1.56 bits per heavy atom. The average molecular weight is 332 g/mol. The van der Waals surface area contributed by atoms with Crippen molar-refractivity contribution in [1.29, 1.82) is 0 Å². The Balaban J connectivity index is 1.76. The lowest BCUT2D eigenvalue weighted by atomic mass is 9.89. The van der Waals surface area contributed by atoms with E-state index in [1.54, 1.807) is 0 Å². The number of benzene rings is 2. The van der Waals surface area contributed by atoms with E-state index in [4.69, 9.17) is 0 Å². The van der Waals surface area contributed by atoms with Crippen LogP contribution in [0.3, 0.4) is 0 Å². The van der Waals surface area contributed by atoms with E-state index in [-0.39, 0.29) is 11.8 Å². The molecule has 0 unspecified atom stereocenters. The lowest BCUT2D eigenvalue weighted by molar-refractivity contribution is -0.125. The van der Waals surface area contributed by atoms with Crippen molar-refractivity contribution in [3.05, 3.63) is 77.9 Å². The zero-order valence-corrected chi connectivity index (χ0v) is 14.4. The third-order valence-corrected chi connectivity index (χ3v) is 4.57. The summed E-state index contributed by atoms with van der Waals surface area (Å²) in [5.41, 5.74) is 5.63. The van der Waals surface area contributed by atoms with Crippen LogP contribution in [0, 0.1) is 5.92 Å². The molecule has 3 nitrogen and oxygen atoms in total. The Bertz CT molecular complexity index is 729. The summed E-state index contributed by atoms with van der Waals surface area (Å²) in [6.45, 7) is 0. The van der Waals surface area contributed by atoms with E-state index in [0.29, 0.717) is 0 Å². The van der Waals surface area contributed by atoms with Crippen molar-refractivity contribution < 1.29 is 4.79 Å². The monoisotopic (exact) mass is 332 g/mol. The Hall–Kier alpha value is -2.68. The van der Waals surface area contributed by atoms with Gasteiger partial charge in [0.05, 0.1) is 5.71 Å². The molecule has 0 radical (unpaired) electrons. The minimum Gasteiger partial charge on any atom is -0.273 e.